The summed E-state index contributed by atoms with van der Waals surface area (Å²) in [5.74, 6) is -1.11. The number of benzene rings is 1. The van der Waals surface area contributed by atoms with Crippen molar-refractivity contribution in [2.45, 2.75) is 31.8 Å². The minimum atomic E-state index is -0.678. The van der Waals surface area contributed by atoms with Gasteiger partial charge in [-0.2, -0.15) is 0 Å². The summed E-state index contributed by atoms with van der Waals surface area (Å²) in [6.07, 6.45) is 1.55. The van der Waals surface area contributed by atoms with Crippen LogP contribution in [0.25, 0.3) is 0 Å². The molecule has 0 saturated heterocycles. The molecule has 0 amide bonds. The molecule has 0 radical (unpaired) electrons. The van der Waals surface area contributed by atoms with Crippen molar-refractivity contribution >= 4 is 0 Å². The van der Waals surface area contributed by atoms with Gasteiger partial charge in [0.1, 0.15) is 11.6 Å². The summed E-state index contributed by atoms with van der Waals surface area (Å²) in [5.41, 5.74) is 5.96. The van der Waals surface area contributed by atoms with Gasteiger partial charge < -0.3 is 10.8 Å². The molecule has 1 aliphatic carbocycles. The van der Waals surface area contributed by atoms with Crippen LogP contribution in [0.5, 0.6) is 0 Å². The first kappa shape index (κ1) is 13.4. The molecule has 4 heteroatoms. The highest BCUT2D eigenvalue weighted by Crippen LogP contribution is 2.41. The molecule has 1 aliphatic rings. The van der Waals surface area contributed by atoms with Crippen LogP contribution in [0.1, 0.15) is 31.2 Å². The van der Waals surface area contributed by atoms with Crippen molar-refractivity contribution in [1.29, 1.82) is 0 Å². The lowest BCUT2D eigenvalue weighted by atomic mass is 9.84. The molecule has 0 spiro atoms. The smallest absolute Gasteiger partial charge is 0.129 e. The minimum Gasteiger partial charge on any atom is -0.392 e. The number of aliphatic hydroxyl groups is 1. The summed E-state index contributed by atoms with van der Waals surface area (Å²) in [6, 6.07) is 3.42. The summed E-state index contributed by atoms with van der Waals surface area (Å²) in [5, 5.41) is 10.3. The maximum absolute atomic E-state index is 13.7. The standard InChI is InChI=1S/C14H19F2NO/c1-8(9-2-3-9)14(18)12(7-17)11-5-4-10(15)6-13(11)16/h4-6,8-9,12,14,18H,2-3,7,17H2,1H3. The van der Waals surface area contributed by atoms with E-state index in [-0.39, 0.29) is 12.5 Å². The summed E-state index contributed by atoms with van der Waals surface area (Å²) < 4.78 is 26.6. The molecule has 3 N–H and O–H groups in total. The predicted molar refractivity (Wildman–Crippen MR) is 66.0 cm³/mol. The first-order valence-electron chi connectivity index (χ1n) is 6.37. The lowest BCUT2D eigenvalue weighted by Crippen LogP contribution is -2.32. The van der Waals surface area contributed by atoms with Crippen molar-refractivity contribution in [2.24, 2.45) is 17.6 Å². The summed E-state index contributed by atoms with van der Waals surface area (Å²) in [6.45, 7) is 2.12. The number of nitrogens with two attached hydrogens (primary N) is 1. The van der Waals surface area contributed by atoms with Crippen LogP contribution in [0, 0.1) is 23.5 Å². The average Bonchev–Trinajstić information content (AvgIpc) is 3.15. The maximum Gasteiger partial charge on any atom is 0.129 e. The second-order valence-electron chi connectivity index (χ2n) is 5.20. The van der Waals surface area contributed by atoms with Crippen LogP contribution in [0.4, 0.5) is 8.78 Å². The Hall–Kier alpha value is -1.00. The van der Waals surface area contributed by atoms with Gasteiger partial charge in [-0.05, 0) is 36.3 Å². The van der Waals surface area contributed by atoms with Crippen LogP contribution < -0.4 is 5.73 Å². The summed E-state index contributed by atoms with van der Waals surface area (Å²) >= 11 is 0. The highest BCUT2D eigenvalue weighted by atomic mass is 19.1. The molecule has 3 unspecified atom stereocenters. The number of rotatable bonds is 5. The topological polar surface area (TPSA) is 46.2 Å². The van der Waals surface area contributed by atoms with Gasteiger partial charge in [-0.1, -0.05) is 13.0 Å². The Balaban J connectivity index is 2.20. The first-order chi connectivity index (χ1) is 8.54. The van der Waals surface area contributed by atoms with Crippen molar-refractivity contribution in [3.63, 3.8) is 0 Å². The van der Waals surface area contributed by atoms with Gasteiger partial charge >= 0.3 is 0 Å². The van der Waals surface area contributed by atoms with E-state index in [1.54, 1.807) is 0 Å². The Morgan fingerprint density at radius 2 is 2.06 bits per heavy atom. The Morgan fingerprint density at radius 3 is 2.56 bits per heavy atom. The number of aliphatic hydroxyl groups excluding tert-OH is 1. The van der Waals surface area contributed by atoms with Crippen molar-refractivity contribution in [3.05, 3.63) is 35.4 Å². The molecule has 2 nitrogen and oxygen atoms in total. The van der Waals surface area contributed by atoms with E-state index in [1.165, 1.54) is 12.1 Å². The van der Waals surface area contributed by atoms with Crippen LogP contribution in [0.15, 0.2) is 18.2 Å². The van der Waals surface area contributed by atoms with Gasteiger partial charge in [-0.15, -0.1) is 0 Å². The molecule has 1 saturated carbocycles. The summed E-state index contributed by atoms with van der Waals surface area (Å²) in [4.78, 5) is 0. The number of hydrogen-bond donors (Lipinski definition) is 2. The first-order valence-corrected chi connectivity index (χ1v) is 6.37. The predicted octanol–water partition coefficient (Wildman–Crippen LogP) is 2.41. The van der Waals surface area contributed by atoms with Crippen LogP contribution in [0.2, 0.25) is 0 Å². The monoisotopic (exact) mass is 255 g/mol. The zero-order valence-electron chi connectivity index (χ0n) is 10.4. The number of hydrogen-bond acceptors (Lipinski definition) is 2. The molecule has 0 bridgehead atoms. The lowest BCUT2D eigenvalue weighted by molar-refractivity contribution is 0.0789. The molecule has 0 aromatic heterocycles. The number of halogens is 2. The van der Waals surface area contributed by atoms with E-state index in [9.17, 15) is 13.9 Å². The Labute approximate surface area is 106 Å². The third kappa shape index (κ3) is 2.70. The molecular formula is C14H19F2NO. The molecule has 18 heavy (non-hydrogen) atoms. The van der Waals surface area contributed by atoms with Gasteiger partial charge in [0, 0.05) is 18.5 Å². The van der Waals surface area contributed by atoms with Crippen LogP contribution in [-0.4, -0.2) is 17.8 Å². The second-order valence-corrected chi connectivity index (χ2v) is 5.20. The normalized spacial score (nSPS) is 20.5. The molecule has 0 aliphatic heterocycles. The second kappa shape index (κ2) is 5.33. The van der Waals surface area contributed by atoms with Crippen molar-refractivity contribution < 1.29 is 13.9 Å². The SMILES string of the molecule is CC(C1CC1)C(O)C(CN)c1ccc(F)cc1F. The quantitative estimate of drug-likeness (QED) is 0.848. The van der Waals surface area contributed by atoms with Gasteiger partial charge in [0.2, 0.25) is 0 Å². The van der Waals surface area contributed by atoms with Crippen molar-refractivity contribution in [1.82, 2.24) is 0 Å². The van der Waals surface area contributed by atoms with E-state index in [2.05, 4.69) is 0 Å². The molecule has 100 valence electrons. The van der Waals surface area contributed by atoms with Gasteiger partial charge in [-0.3, -0.25) is 0 Å². The van der Waals surface area contributed by atoms with E-state index in [4.69, 9.17) is 5.73 Å². The minimum absolute atomic E-state index is 0.100. The third-order valence-corrected chi connectivity index (χ3v) is 3.93. The Kier molecular flexibility index (Phi) is 3.97. The summed E-state index contributed by atoms with van der Waals surface area (Å²) in [7, 11) is 0. The molecule has 0 heterocycles. The zero-order valence-corrected chi connectivity index (χ0v) is 10.4. The van der Waals surface area contributed by atoms with Gasteiger partial charge in [0.15, 0.2) is 0 Å². The average molecular weight is 255 g/mol. The van der Waals surface area contributed by atoms with Crippen LogP contribution in [-0.2, 0) is 0 Å². The van der Waals surface area contributed by atoms with Crippen LogP contribution >= 0.6 is 0 Å². The fourth-order valence-corrected chi connectivity index (χ4v) is 2.52. The molecule has 2 rings (SSSR count). The van der Waals surface area contributed by atoms with E-state index >= 15 is 0 Å². The van der Waals surface area contributed by atoms with Crippen LogP contribution in [0.3, 0.4) is 0 Å². The fraction of sp³-hybridized carbons (Fsp3) is 0.571. The van der Waals surface area contributed by atoms with Gasteiger partial charge in [0.05, 0.1) is 6.10 Å². The van der Waals surface area contributed by atoms with E-state index < -0.39 is 23.7 Å². The fourth-order valence-electron chi connectivity index (χ4n) is 2.52. The lowest BCUT2D eigenvalue weighted by Gasteiger charge is -2.27. The van der Waals surface area contributed by atoms with Crippen molar-refractivity contribution in [3.8, 4) is 0 Å². The largest absolute Gasteiger partial charge is 0.392 e. The highest BCUT2D eigenvalue weighted by Gasteiger charge is 2.36. The molecule has 1 aromatic rings. The van der Waals surface area contributed by atoms with E-state index in [1.807, 2.05) is 6.92 Å². The molecular weight excluding hydrogens is 236 g/mol. The Morgan fingerprint density at radius 1 is 1.39 bits per heavy atom. The van der Waals surface area contributed by atoms with Crippen molar-refractivity contribution in [2.75, 3.05) is 6.54 Å². The van der Waals surface area contributed by atoms with Gasteiger partial charge in [0.25, 0.3) is 0 Å². The third-order valence-electron chi connectivity index (χ3n) is 3.93. The van der Waals surface area contributed by atoms with E-state index in [0.29, 0.717) is 11.5 Å². The van der Waals surface area contributed by atoms with E-state index in [0.717, 1.165) is 18.9 Å². The zero-order chi connectivity index (χ0) is 13.3. The van der Waals surface area contributed by atoms with Gasteiger partial charge in [-0.25, -0.2) is 8.78 Å². The molecule has 3 atom stereocenters. The highest BCUT2D eigenvalue weighted by molar-refractivity contribution is 5.24. The molecule has 1 aromatic carbocycles. The Bertz CT molecular complexity index is 420. The molecule has 1 fully saturated rings. The maximum atomic E-state index is 13.7.